The number of hydrogen-bond donors (Lipinski definition) is 2. The zero-order valence-electron chi connectivity index (χ0n) is 14.1. The smallest absolute Gasteiger partial charge is 0.262 e. The number of para-hydroxylation sites is 1. The highest BCUT2D eigenvalue weighted by Crippen LogP contribution is 2.21. The molecule has 6 nitrogen and oxygen atoms in total. The van der Waals surface area contributed by atoms with Crippen LogP contribution in [0.4, 0.5) is 5.95 Å². The van der Waals surface area contributed by atoms with Crippen LogP contribution in [0.2, 0.25) is 0 Å². The monoisotopic (exact) mass is 333 g/mol. The molecule has 0 radical (unpaired) electrons. The maximum absolute atomic E-state index is 11.9. The van der Waals surface area contributed by atoms with Crippen molar-refractivity contribution in [3.8, 4) is 5.69 Å². The van der Waals surface area contributed by atoms with Gasteiger partial charge in [-0.15, -0.1) is 0 Å². The fourth-order valence-electron chi connectivity index (χ4n) is 2.62. The van der Waals surface area contributed by atoms with E-state index in [9.17, 15) is 4.79 Å². The predicted octanol–water partition coefficient (Wildman–Crippen LogP) is 3.04. The van der Waals surface area contributed by atoms with E-state index in [4.69, 9.17) is 0 Å². The average Bonchev–Trinajstić information content (AvgIpc) is 2.93. The van der Waals surface area contributed by atoms with Gasteiger partial charge in [0.1, 0.15) is 0 Å². The first-order valence-electron chi connectivity index (χ1n) is 7.90. The predicted molar refractivity (Wildman–Crippen MR) is 98.1 cm³/mol. The number of benzene rings is 1. The molecular formula is C19H19N5O. The fourth-order valence-corrected chi connectivity index (χ4v) is 2.62. The molecular weight excluding hydrogens is 314 g/mol. The number of aromatic nitrogens is 3. The Kier molecular flexibility index (Phi) is 4.89. The average molecular weight is 333 g/mol. The normalized spacial score (nSPS) is 10.8. The second-order valence-corrected chi connectivity index (χ2v) is 5.52. The number of hydrogen-bond acceptors (Lipinski definition) is 4. The highest BCUT2D eigenvalue weighted by atomic mass is 16.2. The van der Waals surface area contributed by atoms with Gasteiger partial charge in [-0.1, -0.05) is 18.2 Å². The Bertz CT molecular complexity index is 885. The molecule has 126 valence electrons. The minimum Gasteiger partial charge on any atom is -0.318 e. The summed E-state index contributed by atoms with van der Waals surface area (Å²) in [7, 11) is 0. The van der Waals surface area contributed by atoms with Gasteiger partial charge < -0.3 is 4.57 Å². The first kappa shape index (κ1) is 16.4. The van der Waals surface area contributed by atoms with E-state index in [-0.39, 0.29) is 5.91 Å². The SMILES string of the molecule is Cc1cc(/C=C\C(=O)NNc2ncccn2)c(C)n1-c1ccccc1. The summed E-state index contributed by atoms with van der Waals surface area (Å²) < 4.78 is 2.16. The largest absolute Gasteiger partial charge is 0.318 e. The lowest BCUT2D eigenvalue weighted by Gasteiger charge is -2.09. The van der Waals surface area contributed by atoms with E-state index in [2.05, 4.69) is 43.6 Å². The van der Waals surface area contributed by atoms with E-state index in [1.807, 2.05) is 32.0 Å². The van der Waals surface area contributed by atoms with Gasteiger partial charge in [-0.25, -0.2) is 9.97 Å². The first-order chi connectivity index (χ1) is 12.1. The maximum atomic E-state index is 11.9. The van der Waals surface area contributed by atoms with E-state index >= 15 is 0 Å². The van der Waals surface area contributed by atoms with E-state index < -0.39 is 0 Å². The Morgan fingerprint density at radius 2 is 1.80 bits per heavy atom. The van der Waals surface area contributed by atoms with Crippen LogP contribution in [0.3, 0.4) is 0 Å². The molecule has 1 amide bonds. The molecule has 3 aromatic rings. The van der Waals surface area contributed by atoms with Gasteiger partial charge in [0, 0.05) is 35.5 Å². The summed E-state index contributed by atoms with van der Waals surface area (Å²) in [5.74, 6) is 0.0588. The molecule has 0 bridgehead atoms. The van der Waals surface area contributed by atoms with E-state index in [1.165, 1.54) is 6.08 Å². The summed E-state index contributed by atoms with van der Waals surface area (Å²) in [6.07, 6.45) is 6.46. The Labute approximate surface area is 146 Å². The molecule has 0 atom stereocenters. The third kappa shape index (κ3) is 3.92. The van der Waals surface area contributed by atoms with Crippen LogP contribution < -0.4 is 10.9 Å². The molecule has 0 saturated heterocycles. The number of nitrogens with zero attached hydrogens (tertiary/aromatic N) is 3. The van der Waals surface area contributed by atoms with Crippen molar-refractivity contribution >= 4 is 17.9 Å². The third-order valence-corrected chi connectivity index (χ3v) is 3.76. The fraction of sp³-hybridized carbons (Fsp3) is 0.105. The Morgan fingerprint density at radius 1 is 1.08 bits per heavy atom. The molecule has 2 aromatic heterocycles. The molecule has 1 aromatic carbocycles. The molecule has 3 rings (SSSR count). The lowest BCUT2D eigenvalue weighted by molar-refractivity contribution is -0.116. The number of carbonyl (C=O) groups excluding carboxylic acids is 1. The summed E-state index contributed by atoms with van der Waals surface area (Å²) in [4.78, 5) is 19.9. The third-order valence-electron chi connectivity index (χ3n) is 3.76. The highest BCUT2D eigenvalue weighted by molar-refractivity contribution is 5.92. The Balaban J connectivity index is 1.70. The molecule has 0 aliphatic rings. The number of amides is 1. The number of carbonyl (C=O) groups is 1. The van der Waals surface area contributed by atoms with Crippen LogP contribution in [0.15, 0.2) is 60.9 Å². The van der Waals surface area contributed by atoms with Crippen LogP contribution in [0.5, 0.6) is 0 Å². The van der Waals surface area contributed by atoms with Crippen LogP contribution in [0.25, 0.3) is 11.8 Å². The summed E-state index contributed by atoms with van der Waals surface area (Å²) in [5.41, 5.74) is 9.47. The van der Waals surface area contributed by atoms with Crippen molar-refractivity contribution in [1.82, 2.24) is 20.0 Å². The van der Waals surface area contributed by atoms with Gasteiger partial charge in [-0.2, -0.15) is 0 Å². The van der Waals surface area contributed by atoms with Crippen LogP contribution in [-0.2, 0) is 4.79 Å². The number of hydrazine groups is 1. The summed E-state index contributed by atoms with van der Waals surface area (Å²) in [6.45, 7) is 4.08. The van der Waals surface area contributed by atoms with Gasteiger partial charge in [0.15, 0.2) is 0 Å². The Morgan fingerprint density at radius 3 is 2.52 bits per heavy atom. The quantitative estimate of drug-likeness (QED) is 0.556. The van der Waals surface area contributed by atoms with E-state index in [1.54, 1.807) is 24.5 Å². The molecule has 0 aliphatic carbocycles. The highest BCUT2D eigenvalue weighted by Gasteiger charge is 2.08. The minimum atomic E-state index is -0.281. The van der Waals surface area contributed by atoms with Gasteiger partial charge >= 0.3 is 0 Å². The lowest BCUT2D eigenvalue weighted by atomic mass is 10.2. The van der Waals surface area contributed by atoms with Crippen molar-refractivity contribution in [2.75, 3.05) is 5.43 Å². The van der Waals surface area contributed by atoms with Gasteiger partial charge in [-0.3, -0.25) is 15.6 Å². The van der Waals surface area contributed by atoms with Crippen LogP contribution in [0, 0.1) is 13.8 Å². The van der Waals surface area contributed by atoms with Crippen LogP contribution >= 0.6 is 0 Å². The summed E-state index contributed by atoms with van der Waals surface area (Å²) >= 11 is 0. The van der Waals surface area contributed by atoms with Crippen molar-refractivity contribution < 1.29 is 4.79 Å². The molecule has 25 heavy (non-hydrogen) atoms. The number of nitrogens with one attached hydrogen (secondary N) is 2. The number of rotatable bonds is 5. The lowest BCUT2D eigenvalue weighted by Crippen LogP contribution is -2.28. The van der Waals surface area contributed by atoms with Crippen molar-refractivity contribution in [2.45, 2.75) is 13.8 Å². The van der Waals surface area contributed by atoms with Crippen LogP contribution in [-0.4, -0.2) is 20.4 Å². The summed E-state index contributed by atoms with van der Waals surface area (Å²) in [6, 6.07) is 13.9. The summed E-state index contributed by atoms with van der Waals surface area (Å²) in [5, 5.41) is 0. The Hall–Kier alpha value is -3.41. The molecule has 0 unspecified atom stereocenters. The molecule has 2 N–H and O–H groups in total. The van der Waals surface area contributed by atoms with Crippen molar-refractivity contribution in [3.63, 3.8) is 0 Å². The van der Waals surface area contributed by atoms with Crippen LogP contribution in [0.1, 0.15) is 17.0 Å². The van der Waals surface area contributed by atoms with Gasteiger partial charge in [-0.05, 0) is 49.8 Å². The zero-order valence-corrected chi connectivity index (χ0v) is 14.1. The van der Waals surface area contributed by atoms with Gasteiger partial charge in [0.2, 0.25) is 5.95 Å². The van der Waals surface area contributed by atoms with Crippen molar-refractivity contribution in [3.05, 3.63) is 77.9 Å². The molecule has 2 heterocycles. The van der Waals surface area contributed by atoms with Gasteiger partial charge in [0.25, 0.3) is 5.91 Å². The first-order valence-corrected chi connectivity index (χ1v) is 7.90. The molecule has 0 spiro atoms. The molecule has 0 saturated carbocycles. The van der Waals surface area contributed by atoms with Crippen molar-refractivity contribution in [2.24, 2.45) is 0 Å². The second kappa shape index (κ2) is 7.44. The topological polar surface area (TPSA) is 71.8 Å². The maximum Gasteiger partial charge on any atom is 0.262 e. The molecule has 0 fully saturated rings. The number of aryl methyl sites for hydroxylation is 1. The zero-order chi connectivity index (χ0) is 17.6. The number of anilines is 1. The second-order valence-electron chi connectivity index (χ2n) is 5.52. The standard InChI is InChI=1S/C19H19N5O/c1-14-13-16(15(2)24(14)17-7-4-3-5-8-17)9-10-18(25)22-23-19-20-11-6-12-21-19/h3-13H,1-2H3,(H,22,25)(H,20,21,23)/b10-9-. The molecule has 6 heteroatoms. The van der Waals surface area contributed by atoms with Crippen molar-refractivity contribution in [1.29, 1.82) is 0 Å². The van der Waals surface area contributed by atoms with E-state index in [0.29, 0.717) is 5.95 Å². The van der Waals surface area contributed by atoms with E-state index in [0.717, 1.165) is 22.6 Å². The minimum absolute atomic E-state index is 0.281. The van der Waals surface area contributed by atoms with Gasteiger partial charge in [0.05, 0.1) is 0 Å². The molecule has 0 aliphatic heterocycles.